The van der Waals surface area contributed by atoms with Crippen molar-refractivity contribution < 1.29 is 37.9 Å². The number of ether oxygens (including phenoxy) is 8. The van der Waals surface area contributed by atoms with E-state index in [1.165, 1.54) is 0 Å². The Hall–Kier alpha value is -14.5. The summed E-state index contributed by atoms with van der Waals surface area (Å²) in [5, 5.41) is 0. The second-order valence-electron chi connectivity index (χ2n) is 21.7. The van der Waals surface area contributed by atoms with Crippen LogP contribution in [0.1, 0.15) is 66.8 Å². The van der Waals surface area contributed by atoms with Crippen LogP contribution >= 0.6 is 0 Å². The molecule has 12 rings (SSSR count). The minimum atomic E-state index is -1.03. The molecule has 0 aliphatic carbocycles. The number of hydrogen-bond acceptors (Lipinski definition) is 8. The quantitative estimate of drug-likeness (QED) is 0.0552. The van der Waals surface area contributed by atoms with Crippen LogP contribution in [0.25, 0.3) is 0 Å². The third-order valence-corrected chi connectivity index (χ3v) is 15.3. The zero-order valence-corrected chi connectivity index (χ0v) is 51.8. The van der Waals surface area contributed by atoms with Gasteiger partial charge >= 0.3 is 0 Å². The number of terminal acetylenes is 8. The van der Waals surface area contributed by atoms with Crippen molar-refractivity contribution in [1.29, 1.82) is 0 Å². The third-order valence-electron chi connectivity index (χ3n) is 15.3. The molecule has 0 aliphatic rings. The van der Waals surface area contributed by atoms with E-state index >= 15 is 0 Å². The van der Waals surface area contributed by atoms with Crippen LogP contribution in [0.5, 0.6) is 92.0 Å². The number of hydrogen-bond donors (Lipinski definition) is 0. The van der Waals surface area contributed by atoms with Crippen LogP contribution in [0.4, 0.5) is 0 Å². The van der Waals surface area contributed by atoms with E-state index in [1.807, 2.05) is 146 Å². The molecule has 0 bridgehead atoms. The first-order valence-electron chi connectivity index (χ1n) is 30.1. The smallest absolute Gasteiger partial charge is 0.129 e. The summed E-state index contributed by atoms with van der Waals surface area (Å²) in [5.74, 6) is 30.0. The molecule has 0 saturated carbocycles. The van der Waals surface area contributed by atoms with Gasteiger partial charge in [-0.25, -0.2) is 0 Å². The van der Waals surface area contributed by atoms with Gasteiger partial charge in [0.05, 0.1) is 5.41 Å². The van der Waals surface area contributed by atoms with E-state index < -0.39 is 5.41 Å². The van der Waals surface area contributed by atoms with Crippen molar-refractivity contribution in [3.05, 3.63) is 334 Å². The maximum absolute atomic E-state index is 6.50. The molecule has 0 aliphatic heterocycles. The summed E-state index contributed by atoms with van der Waals surface area (Å²) in [7, 11) is 0. The molecule has 0 heterocycles. The number of benzene rings is 12. The van der Waals surface area contributed by atoms with Crippen LogP contribution in [0.15, 0.2) is 267 Å². The molecule has 8 heteroatoms. The molecule has 456 valence electrons. The summed E-state index contributed by atoms with van der Waals surface area (Å²) >= 11 is 0. The fourth-order valence-electron chi connectivity index (χ4n) is 10.8. The van der Waals surface area contributed by atoms with Crippen molar-refractivity contribution in [3.8, 4) is 191 Å². The zero-order chi connectivity index (χ0) is 67.1. The van der Waals surface area contributed by atoms with Gasteiger partial charge in [0.15, 0.2) is 0 Å². The van der Waals surface area contributed by atoms with Gasteiger partial charge in [-0.1, -0.05) is 95.9 Å². The Bertz CT molecular complexity index is 4440. The van der Waals surface area contributed by atoms with Gasteiger partial charge in [-0.15, -0.1) is 51.4 Å². The predicted molar refractivity (Wildman–Crippen MR) is 380 cm³/mol. The monoisotopic (exact) mass is 1250 g/mol. The van der Waals surface area contributed by atoms with Crippen molar-refractivity contribution in [3.63, 3.8) is 0 Å². The van der Waals surface area contributed by atoms with Gasteiger partial charge in [0, 0.05) is 44.5 Å². The van der Waals surface area contributed by atoms with Crippen LogP contribution in [0.2, 0.25) is 0 Å². The average Bonchev–Trinajstić information content (AvgIpc) is 0.732. The largest absolute Gasteiger partial charge is 0.457 e. The van der Waals surface area contributed by atoms with E-state index in [4.69, 9.17) is 89.3 Å². The van der Waals surface area contributed by atoms with Crippen molar-refractivity contribution >= 4 is 0 Å². The summed E-state index contributed by atoms with van der Waals surface area (Å²) in [6.07, 6.45) is 45.6. The van der Waals surface area contributed by atoms with Crippen LogP contribution < -0.4 is 37.9 Å². The Labute approximate surface area is 564 Å². The molecule has 0 spiro atoms. The molecule has 0 atom stereocenters. The van der Waals surface area contributed by atoms with E-state index in [2.05, 4.69) is 95.9 Å². The first-order chi connectivity index (χ1) is 47.5. The van der Waals surface area contributed by atoms with E-state index in [1.54, 1.807) is 72.8 Å². The summed E-state index contributed by atoms with van der Waals surface area (Å²) in [4.78, 5) is 0. The van der Waals surface area contributed by atoms with E-state index in [9.17, 15) is 0 Å². The number of rotatable bonds is 20. The highest BCUT2D eigenvalue weighted by atomic mass is 16.5. The van der Waals surface area contributed by atoms with E-state index in [-0.39, 0.29) is 0 Å². The minimum Gasteiger partial charge on any atom is -0.457 e. The molecule has 0 N–H and O–H groups in total. The molecule has 97 heavy (non-hydrogen) atoms. The highest BCUT2D eigenvalue weighted by molar-refractivity contribution is 5.63. The fraction of sp³-hybridized carbons (Fsp3) is 0.0112. The highest BCUT2D eigenvalue weighted by Gasteiger charge is 2.39. The van der Waals surface area contributed by atoms with Crippen LogP contribution in [0, 0.1) is 98.8 Å². The first kappa shape index (κ1) is 62.7. The molecule has 0 fully saturated rings. The van der Waals surface area contributed by atoms with Crippen molar-refractivity contribution in [2.75, 3.05) is 0 Å². The van der Waals surface area contributed by atoms with Crippen molar-refractivity contribution in [2.24, 2.45) is 0 Å². The normalized spacial score (nSPS) is 10.4. The Morgan fingerprint density at radius 1 is 0.155 bits per heavy atom. The highest BCUT2D eigenvalue weighted by Crippen LogP contribution is 2.48. The topological polar surface area (TPSA) is 73.8 Å². The lowest BCUT2D eigenvalue weighted by Gasteiger charge is -2.37. The Morgan fingerprint density at radius 2 is 0.268 bits per heavy atom. The van der Waals surface area contributed by atoms with Gasteiger partial charge in [0.2, 0.25) is 0 Å². The van der Waals surface area contributed by atoms with Gasteiger partial charge in [-0.3, -0.25) is 0 Å². The molecule has 8 nitrogen and oxygen atoms in total. The lowest BCUT2D eigenvalue weighted by Crippen LogP contribution is -2.31. The second kappa shape index (κ2) is 28.8. The van der Waals surface area contributed by atoms with Crippen molar-refractivity contribution in [2.45, 2.75) is 5.41 Å². The summed E-state index contributed by atoms with van der Waals surface area (Å²) < 4.78 is 50.6. The van der Waals surface area contributed by atoms with Crippen LogP contribution in [0.3, 0.4) is 0 Å². The molecular weight excluding hydrogens is 1200 g/mol. The van der Waals surface area contributed by atoms with E-state index in [0.717, 1.165) is 22.3 Å². The maximum Gasteiger partial charge on any atom is 0.129 e. The van der Waals surface area contributed by atoms with Crippen LogP contribution in [-0.4, -0.2) is 0 Å². The predicted octanol–water partition coefficient (Wildman–Crippen LogP) is 20.3. The van der Waals surface area contributed by atoms with Gasteiger partial charge in [0.1, 0.15) is 92.0 Å². The standard InChI is InChI=1S/C89H52O8/c1-9-61-49-62(10-2)54-85(53-61)94-81-41-33-77(34-42-81)90-73-25-17-69(18-26-73)89(70-19-27-74(28-20-70)91-78-35-43-82(44-36-78)95-86-55-63(11-3)50-64(12-4)56-86,71-21-29-75(30-22-71)92-79-37-45-83(46-38-79)96-87-57-65(13-5)51-66(14-6)58-87)72-23-31-76(32-24-72)93-80-39-47-84(48-40-80)97-88-59-67(15-7)52-68(16-8)60-88/h1-8,17-60H. The van der Waals surface area contributed by atoms with Crippen LogP contribution in [-0.2, 0) is 5.41 Å². The molecule has 0 radical (unpaired) electrons. The Morgan fingerprint density at radius 3 is 0.392 bits per heavy atom. The molecule has 0 aromatic heterocycles. The average molecular weight is 1250 g/mol. The SMILES string of the molecule is C#Cc1cc(C#C)cc(Oc2ccc(Oc3ccc(C(c4ccc(Oc5ccc(Oc6cc(C#C)cc(C#C)c6)cc5)cc4)(c4ccc(Oc5ccc(Oc6cc(C#C)cc(C#C)c6)cc5)cc4)c4ccc(Oc5ccc(Oc6cc(C#C)cc(C#C)c6)cc5)cc4)cc3)cc2)c1. The summed E-state index contributed by atoms with van der Waals surface area (Å²) in [6.45, 7) is 0. The third kappa shape index (κ3) is 15.0. The van der Waals surface area contributed by atoms with E-state index in [0.29, 0.717) is 136 Å². The maximum atomic E-state index is 6.50. The van der Waals surface area contributed by atoms with Gasteiger partial charge < -0.3 is 37.9 Å². The summed E-state index contributed by atoms with van der Waals surface area (Å²) in [5.41, 5.74) is 7.47. The Kier molecular flexibility index (Phi) is 18.6. The molecular formula is C89H52O8. The first-order valence-corrected chi connectivity index (χ1v) is 30.1. The van der Waals surface area contributed by atoms with Crippen molar-refractivity contribution in [1.82, 2.24) is 0 Å². The lowest BCUT2D eigenvalue weighted by atomic mass is 9.65. The molecule has 12 aromatic rings. The summed E-state index contributed by atoms with van der Waals surface area (Å²) in [6, 6.07) is 82.2. The fourth-order valence-corrected chi connectivity index (χ4v) is 10.8. The zero-order valence-electron chi connectivity index (χ0n) is 51.8. The molecule has 0 amide bonds. The second-order valence-corrected chi connectivity index (χ2v) is 21.7. The van der Waals surface area contributed by atoms with Gasteiger partial charge in [0.25, 0.3) is 0 Å². The molecule has 0 saturated heterocycles. The van der Waals surface area contributed by atoms with Gasteiger partial charge in [-0.2, -0.15) is 0 Å². The molecule has 0 unspecified atom stereocenters. The minimum absolute atomic E-state index is 0.521. The van der Waals surface area contributed by atoms with Gasteiger partial charge in [-0.05, 0) is 241 Å². The molecule has 12 aromatic carbocycles. The Balaban J connectivity index is 0.882. The lowest BCUT2D eigenvalue weighted by molar-refractivity contribution is 0.468.